The van der Waals surface area contributed by atoms with Crippen molar-refractivity contribution in [3.8, 4) is 0 Å². The van der Waals surface area contributed by atoms with Crippen LogP contribution in [0, 0.1) is 22.7 Å². The monoisotopic (exact) mass is 266 g/mol. The Morgan fingerprint density at radius 1 is 0.895 bits per heavy atom. The van der Waals surface area contributed by atoms with E-state index in [0.717, 1.165) is 11.8 Å². The minimum atomic E-state index is 0.544. The van der Waals surface area contributed by atoms with Gasteiger partial charge in [0.2, 0.25) is 0 Å². The zero-order valence-electron chi connectivity index (χ0n) is 14.5. The van der Waals surface area contributed by atoms with Gasteiger partial charge in [-0.15, -0.1) is 0 Å². The van der Waals surface area contributed by atoms with Crippen molar-refractivity contribution in [2.75, 3.05) is 0 Å². The van der Waals surface area contributed by atoms with Crippen molar-refractivity contribution >= 4 is 0 Å². The molecule has 114 valence electrons. The maximum Gasteiger partial charge on any atom is -0.0300 e. The van der Waals surface area contributed by atoms with Gasteiger partial charge in [0.1, 0.15) is 0 Å². The summed E-state index contributed by atoms with van der Waals surface area (Å²) >= 11 is 0. The third kappa shape index (κ3) is 5.12. The highest BCUT2D eigenvalue weighted by molar-refractivity contribution is 4.88. The smallest absolute Gasteiger partial charge is 0.0300 e. The molecule has 2 unspecified atom stereocenters. The Kier molecular flexibility index (Phi) is 6.40. The molecule has 0 heteroatoms. The Morgan fingerprint density at radius 2 is 1.53 bits per heavy atom. The van der Waals surface area contributed by atoms with Crippen molar-refractivity contribution < 1.29 is 0 Å². The summed E-state index contributed by atoms with van der Waals surface area (Å²) in [4.78, 5) is 0. The average Bonchev–Trinajstić information content (AvgIpc) is 2.33. The molecule has 19 heavy (non-hydrogen) atoms. The molecule has 1 rings (SSSR count). The largest absolute Gasteiger partial charge is 0.0654 e. The van der Waals surface area contributed by atoms with Crippen LogP contribution in [0.25, 0.3) is 0 Å². The number of unbranched alkanes of at least 4 members (excludes halogenated alkanes) is 3. The van der Waals surface area contributed by atoms with Gasteiger partial charge in [-0.25, -0.2) is 0 Å². The van der Waals surface area contributed by atoms with E-state index in [4.69, 9.17) is 0 Å². The van der Waals surface area contributed by atoms with Gasteiger partial charge >= 0.3 is 0 Å². The van der Waals surface area contributed by atoms with E-state index in [2.05, 4.69) is 41.5 Å². The standard InChI is InChI=1S/C19H38/c1-7-8-9-10-11-17-13-15-18(3,4)14-12-16(2)19(17,5)6/h16-17H,7-15H2,1-6H3. The van der Waals surface area contributed by atoms with Gasteiger partial charge in [-0.3, -0.25) is 0 Å². The Bertz CT molecular complexity index is 249. The number of rotatable bonds is 5. The molecule has 0 aromatic rings. The molecule has 1 aliphatic rings. The second-order valence-electron chi connectivity index (χ2n) is 8.51. The molecule has 0 aromatic carbocycles. The lowest BCUT2D eigenvalue weighted by atomic mass is 9.61. The van der Waals surface area contributed by atoms with Crippen molar-refractivity contribution in [3.63, 3.8) is 0 Å². The first kappa shape index (κ1) is 17.1. The molecule has 0 N–H and O–H groups in total. The Morgan fingerprint density at radius 3 is 2.16 bits per heavy atom. The van der Waals surface area contributed by atoms with Crippen LogP contribution in [0.4, 0.5) is 0 Å². The SMILES string of the molecule is CCCCCCC1CCC(C)(C)CCC(C)C1(C)C. The van der Waals surface area contributed by atoms with Crippen molar-refractivity contribution in [1.29, 1.82) is 0 Å². The molecule has 0 bridgehead atoms. The predicted octanol–water partition coefficient (Wildman–Crippen LogP) is 6.84. The summed E-state index contributed by atoms with van der Waals surface area (Å²) < 4.78 is 0. The predicted molar refractivity (Wildman–Crippen MR) is 87.4 cm³/mol. The second-order valence-corrected chi connectivity index (χ2v) is 8.51. The third-order valence-corrected chi connectivity index (χ3v) is 6.15. The molecule has 0 amide bonds. The second kappa shape index (κ2) is 7.14. The van der Waals surface area contributed by atoms with E-state index in [9.17, 15) is 0 Å². The molecule has 0 nitrogen and oxygen atoms in total. The fourth-order valence-electron chi connectivity index (χ4n) is 3.78. The summed E-state index contributed by atoms with van der Waals surface area (Å²) in [6.07, 6.45) is 12.9. The first-order chi connectivity index (χ1) is 8.79. The lowest BCUT2D eigenvalue weighted by Crippen LogP contribution is -2.35. The van der Waals surface area contributed by atoms with E-state index in [1.54, 1.807) is 0 Å². The molecule has 0 aromatic heterocycles. The quantitative estimate of drug-likeness (QED) is 0.478. The van der Waals surface area contributed by atoms with E-state index in [0.29, 0.717) is 10.8 Å². The molecule has 1 saturated carbocycles. The van der Waals surface area contributed by atoms with Crippen molar-refractivity contribution in [2.45, 2.75) is 99.3 Å². The van der Waals surface area contributed by atoms with Crippen LogP contribution in [0.2, 0.25) is 0 Å². The van der Waals surface area contributed by atoms with Gasteiger partial charge in [0.05, 0.1) is 0 Å². The van der Waals surface area contributed by atoms with Crippen LogP contribution >= 0.6 is 0 Å². The zero-order chi connectivity index (χ0) is 14.5. The van der Waals surface area contributed by atoms with Gasteiger partial charge in [-0.1, -0.05) is 67.2 Å². The molecule has 1 aliphatic carbocycles. The molecule has 0 radical (unpaired) electrons. The minimum absolute atomic E-state index is 0.544. The summed E-state index contributed by atoms with van der Waals surface area (Å²) in [6, 6.07) is 0. The van der Waals surface area contributed by atoms with E-state index in [1.807, 2.05) is 0 Å². The van der Waals surface area contributed by atoms with E-state index in [-0.39, 0.29) is 0 Å². The molecule has 2 atom stereocenters. The van der Waals surface area contributed by atoms with E-state index >= 15 is 0 Å². The fraction of sp³-hybridized carbons (Fsp3) is 1.00. The minimum Gasteiger partial charge on any atom is -0.0654 e. The van der Waals surface area contributed by atoms with Crippen molar-refractivity contribution in [1.82, 2.24) is 0 Å². The Hall–Kier alpha value is 0. The van der Waals surface area contributed by atoms with Crippen LogP contribution in [0.15, 0.2) is 0 Å². The number of hydrogen-bond donors (Lipinski definition) is 0. The Labute approximate surface area is 122 Å². The van der Waals surface area contributed by atoms with Gasteiger partial charge in [-0.2, -0.15) is 0 Å². The molecule has 0 spiro atoms. The molecular weight excluding hydrogens is 228 g/mol. The van der Waals surface area contributed by atoms with Gasteiger partial charge in [0, 0.05) is 0 Å². The summed E-state index contributed by atoms with van der Waals surface area (Å²) in [5.74, 6) is 1.82. The van der Waals surface area contributed by atoms with Crippen molar-refractivity contribution in [2.24, 2.45) is 22.7 Å². The van der Waals surface area contributed by atoms with E-state index < -0.39 is 0 Å². The van der Waals surface area contributed by atoms with Gasteiger partial charge in [0.15, 0.2) is 0 Å². The normalized spacial score (nSPS) is 30.6. The van der Waals surface area contributed by atoms with Gasteiger partial charge < -0.3 is 0 Å². The lowest BCUT2D eigenvalue weighted by molar-refractivity contribution is 0.0573. The molecule has 0 saturated heterocycles. The maximum absolute atomic E-state index is 2.54. The summed E-state index contributed by atoms with van der Waals surface area (Å²) in [6.45, 7) is 14.9. The zero-order valence-corrected chi connectivity index (χ0v) is 14.5. The number of hydrogen-bond acceptors (Lipinski definition) is 0. The maximum atomic E-state index is 2.54. The van der Waals surface area contributed by atoms with Crippen LogP contribution in [0.3, 0.4) is 0 Å². The van der Waals surface area contributed by atoms with Crippen LogP contribution in [-0.2, 0) is 0 Å². The highest BCUT2D eigenvalue weighted by atomic mass is 14.4. The van der Waals surface area contributed by atoms with Gasteiger partial charge in [0.25, 0.3) is 0 Å². The average molecular weight is 267 g/mol. The van der Waals surface area contributed by atoms with Gasteiger partial charge in [-0.05, 0) is 54.8 Å². The summed E-state index contributed by atoms with van der Waals surface area (Å²) in [7, 11) is 0. The first-order valence-electron chi connectivity index (χ1n) is 8.79. The van der Waals surface area contributed by atoms with Crippen LogP contribution in [-0.4, -0.2) is 0 Å². The van der Waals surface area contributed by atoms with Crippen molar-refractivity contribution in [3.05, 3.63) is 0 Å². The first-order valence-corrected chi connectivity index (χ1v) is 8.79. The third-order valence-electron chi connectivity index (χ3n) is 6.15. The highest BCUT2D eigenvalue weighted by Gasteiger charge is 2.37. The Balaban J connectivity index is 2.61. The lowest BCUT2D eigenvalue weighted by Gasteiger charge is -2.45. The molecule has 1 fully saturated rings. The molecular formula is C19H38. The van der Waals surface area contributed by atoms with Crippen LogP contribution < -0.4 is 0 Å². The van der Waals surface area contributed by atoms with E-state index in [1.165, 1.54) is 57.8 Å². The molecule has 0 heterocycles. The topological polar surface area (TPSA) is 0 Å². The summed E-state index contributed by atoms with van der Waals surface area (Å²) in [5.41, 5.74) is 1.12. The summed E-state index contributed by atoms with van der Waals surface area (Å²) in [5, 5.41) is 0. The van der Waals surface area contributed by atoms with Crippen LogP contribution in [0.5, 0.6) is 0 Å². The molecule has 0 aliphatic heterocycles. The fourth-order valence-corrected chi connectivity index (χ4v) is 3.78. The highest BCUT2D eigenvalue weighted by Crippen LogP contribution is 2.48. The van der Waals surface area contributed by atoms with Crippen LogP contribution in [0.1, 0.15) is 99.3 Å².